The Bertz CT molecular complexity index is 2270. The first-order valence-electron chi connectivity index (χ1n) is 17.8. The van der Waals surface area contributed by atoms with Gasteiger partial charge in [0, 0.05) is 48.7 Å². The molecule has 1 saturated heterocycles. The van der Waals surface area contributed by atoms with E-state index in [2.05, 4.69) is 15.6 Å². The minimum atomic E-state index is -4.37. The van der Waals surface area contributed by atoms with Crippen LogP contribution in [0.2, 0.25) is 0 Å². The Morgan fingerprint density at radius 1 is 1.04 bits per heavy atom. The molecule has 13 nitrogen and oxygen atoms in total. The molecule has 0 aliphatic carbocycles. The van der Waals surface area contributed by atoms with E-state index < -0.39 is 27.9 Å². The summed E-state index contributed by atoms with van der Waals surface area (Å²) in [6.07, 6.45) is 2.91. The molecule has 0 saturated carbocycles. The van der Waals surface area contributed by atoms with Crippen LogP contribution in [0.3, 0.4) is 0 Å². The maximum Gasteiger partial charge on any atom is 0.338 e. The van der Waals surface area contributed by atoms with Crippen LogP contribution in [0.25, 0.3) is 11.6 Å². The second-order valence-corrected chi connectivity index (χ2v) is 15.0. The summed E-state index contributed by atoms with van der Waals surface area (Å²) in [5.41, 5.74) is 4.91. The number of carbonyl (C=O) groups excluding carboxylic acids is 4. The largest absolute Gasteiger partial charge is 0.454 e. The third-order valence-electron chi connectivity index (χ3n) is 9.50. The maximum atomic E-state index is 13.5. The molecule has 2 aliphatic rings. The number of rotatable bonds is 13. The average molecular weight is 754 g/mol. The minimum absolute atomic E-state index is 0.00347. The highest BCUT2D eigenvalue weighted by Crippen LogP contribution is 2.41. The zero-order valence-corrected chi connectivity index (χ0v) is 31.4. The first kappa shape index (κ1) is 38.0. The normalized spacial score (nSPS) is 15.2. The van der Waals surface area contributed by atoms with Crippen molar-refractivity contribution in [3.05, 3.63) is 99.9 Å². The van der Waals surface area contributed by atoms with Crippen molar-refractivity contribution in [3.63, 3.8) is 0 Å². The SMILES string of the molecule is CCCNC(=O)c1c(C)[nH]c(/C=C2\C(=O)Nc3ccc(CC(=O)C(C)OC(=O)c4cc(N5CCCC5)c(Oc5ccccc5)c(S(N)(=O)=O)c4)cc32)c1C. The number of sulfonamides is 1. The zero-order valence-electron chi connectivity index (χ0n) is 30.6. The van der Waals surface area contributed by atoms with Crippen molar-refractivity contribution in [3.8, 4) is 11.5 Å². The Morgan fingerprint density at radius 3 is 2.44 bits per heavy atom. The second kappa shape index (κ2) is 15.7. The molecule has 1 aromatic heterocycles. The van der Waals surface area contributed by atoms with Gasteiger partial charge in [0.1, 0.15) is 10.6 Å². The van der Waals surface area contributed by atoms with E-state index in [1.807, 2.05) is 18.7 Å². The lowest BCUT2D eigenvalue weighted by Crippen LogP contribution is -2.27. The Kier molecular flexibility index (Phi) is 11.1. The fourth-order valence-electron chi connectivity index (χ4n) is 6.68. The van der Waals surface area contributed by atoms with Crippen molar-refractivity contribution in [2.24, 2.45) is 5.14 Å². The van der Waals surface area contributed by atoms with Crippen LogP contribution in [-0.2, 0) is 30.8 Å². The van der Waals surface area contributed by atoms with Crippen molar-refractivity contribution in [1.29, 1.82) is 0 Å². The van der Waals surface area contributed by atoms with E-state index in [9.17, 15) is 27.6 Å². The predicted molar refractivity (Wildman–Crippen MR) is 205 cm³/mol. The van der Waals surface area contributed by atoms with Gasteiger partial charge in [-0.3, -0.25) is 14.4 Å². The van der Waals surface area contributed by atoms with E-state index in [1.54, 1.807) is 61.5 Å². The topological polar surface area (TPSA) is 190 Å². The number of para-hydroxylation sites is 1. The molecule has 2 aliphatic heterocycles. The molecule has 54 heavy (non-hydrogen) atoms. The Morgan fingerprint density at radius 2 is 1.76 bits per heavy atom. The fraction of sp³-hybridized carbons (Fsp3) is 0.300. The fourth-order valence-corrected chi connectivity index (χ4v) is 7.37. The summed E-state index contributed by atoms with van der Waals surface area (Å²) in [5, 5.41) is 11.4. The average Bonchev–Trinajstić information content (AvgIpc) is 3.85. The van der Waals surface area contributed by atoms with Crippen LogP contribution in [0.15, 0.2) is 65.6 Å². The van der Waals surface area contributed by atoms with Crippen molar-refractivity contribution < 1.29 is 37.1 Å². The van der Waals surface area contributed by atoms with Gasteiger partial charge < -0.3 is 30.0 Å². The highest BCUT2D eigenvalue weighted by Gasteiger charge is 2.30. The third-order valence-corrected chi connectivity index (χ3v) is 10.4. The lowest BCUT2D eigenvalue weighted by molar-refractivity contribution is -0.126. The summed E-state index contributed by atoms with van der Waals surface area (Å²) in [6.45, 7) is 8.82. The van der Waals surface area contributed by atoms with E-state index in [-0.39, 0.29) is 34.4 Å². The molecule has 0 spiro atoms. The quantitative estimate of drug-likeness (QED) is 0.0986. The van der Waals surface area contributed by atoms with E-state index in [4.69, 9.17) is 14.6 Å². The Labute approximate surface area is 314 Å². The molecule has 6 rings (SSSR count). The van der Waals surface area contributed by atoms with Gasteiger partial charge in [-0.15, -0.1) is 0 Å². The van der Waals surface area contributed by atoms with Crippen molar-refractivity contribution >= 4 is 56.6 Å². The molecule has 0 bridgehead atoms. The van der Waals surface area contributed by atoms with Gasteiger partial charge in [-0.1, -0.05) is 31.2 Å². The van der Waals surface area contributed by atoms with Crippen molar-refractivity contribution in [1.82, 2.24) is 10.3 Å². The number of nitrogens with two attached hydrogens (primary N) is 1. The van der Waals surface area contributed by atoms with Crippen LogP contribution < -0.4 is 25.4 Å². The Balaban J connectivity index is 1.22. The monoisotopic (exact) mass is 753 g/mol. The summed E-state index contributed by atoms with van der Waals surface area (Å²) >= 11 is 0. The van der Waals surface area contributed by atoms with Gasteiger partial charge in [0.25, 0.3) is 11.8 Å². The number of hydrogen-bond acceptors (Lipinski definition) is 9. The smallest absolute Gasteiger partial charge is 0.338 e. The van der Waals surface area contributed by atoms with E-state index in [1.165, 1.54) is 13.0 Å². The van der Waals surface area contributed by atoms with Crippen LogP contribution in [0.5, 0.6) is 11.5 Å². The highest BCUT2D eigenvalue weighted by molar-refractivity contribution is 7.89. The number of aromatic nitrogens is 1. The van der Waals surface area contributed by atoms with E-state index >= 15 is 0 Å². The number of aromatic amines is 1. The van der Waals surface area contributed by atoms with E-state index in [0.29, 0.717) is 76.0 Å². The van der Waals surface area contributed by atoms with E-state index in [0.717, 1.165) is 25.3 Å². The van der Waals surface area contributed by atoms with Crippen LogP contribution in [0, 0.1) is 13.8 Å². The Hall–Kier alpha value is -5.73. The van der Waals surface area contributed by atoms with Crippen LogP contribution in [0.4, 0.5) is 11.4 Å². The summed E-state index contributed by atoms with van der Waals surface area (Å²) in [7, 11) is -4.37. The highest BCUT2D eigenvalue weighted by atomic mass is 32.2. The number of hydrogen-bond donors (Lipinski definition) is 4. The van der Waals surface area contributed by atoms with Gasteiger partial charge >= 0.3 is 5.97 Å². The number of ketones is 1. The number of nitrogens with one attached hydrogen (secondary N) is 3. The number of H-pyrrole nitrogens is 1. The van der Waals surface area contributed by atoms with Crippen molar-refractivity contribution in [2.45, 2.75) is 64.4 Å². The molecule has 2 amide bonds. The molecule has 3 heterocycles. The van der Waals surface area contributed by atoms with Crippen LogP contribution >= 0.6 is 0 Å². The lowest BCUT2D eigenvalue weighted by atomic mass is 9.98. The van der Waals surface area contributed by atoms with Crippen molar-refractivity contribution in [2.75, 3.05) is 29.9 Å². The molecular weight excluding hydrogens is 711 g/mol. The number of benzene rings is 3. The van der Waals surface area contributed by atoms with Gasteiger partial charge in [-0.2, -0.15) is 0 Å². The summed E-state index contributed by atoms with van der Waals surface area (Å²) in [5.74, 6) is -1.44. The number of esters is 1. The predicted octanol–water partition coefficient (Wildman–Crippen LogP) is 5.66. The molecule has 282 valence electrons. The third kappa shape index (κ3) is 8.09. The lowest BCUT2D eigenvalue weighted by Gasteiger charge is -2.24. The van der Waals surface area contributed by atoms with Gasteiger partial charge in [0.15, 0.2) is 17.6 Å². The number of Topliss-reactive ketones (excluding diaryl/α,β-unsaturated/α-hetero) is 1. The van der Waals surface area contributed by atoms with Crippen LogP contribution in [-0.4, -0.2) is 62.7 Å². The molecule has 1 unspecified atom stereocenters. The molecule has 0 radical (unpaired) electrons. The first-order chi connectivity index (χ1) is 25.7. The standard InChI is InChI=1S/C40H43N5O8S/c1-5-15-42-39(48)36-23(2)32(43-24(36)3)22-30-29-18-26(13-14-31(29)44-38(30)47)19-34(46)25(4)52-40(49)27-20-33(45-16-9-10-17-45)37(35(21-27)54(41,50)51)53-28-11-7-6-8-12-28/h6-8,11-14,18,20-22,25,43H,5,9-10,15-17,19H2,1-4H3,(H,42,48)(H,44,47)(H2,41,50,51)/b30-22-. The number of ether oxygens (including phenoxy) is 2. The molecule has 3 aromatic carbocycles. The molecular formula is C40H43N5O8S. The number of amides is 2. The first-order valence-corrected chi connectivity index (χ1v) is 19.4. The maximum absolute atomic E-state index is 13.5. The number of nitrogens with zero attached hydrogens (tertiary/aromatic N) is 1. The zero-order chi connectivity index (χ0) is 38.7. The molecule has 5 N–H and O–H groups in total. The summed E-state index contributed by atoms with van der Waals surface area (Å²) < 4.78 is 37.4. The van der Waals surface area contributed by atoms with Crippen LogP contribution in [0.1, 0.15) is 81.9 Å². The number of carbonyl (C=O) groups is 4. The molecule has 14 heteroatoms. The summed E-state index contributed by atoms with van der Waals surface area (Å²) in [4.78, 5) is 57.6. The van der Waals surface area contributed by atoms with Gasteiger partial charge in [0.2, 0.25) is 10.0 Å². The second-order valence-electron chi connectivity index (χ2n) is 13.5. The molecule has 4 aromatic rings. The number of fused-ring (bicyclic) bond motifs is 1. The van der Waals surface area contributed by atoms with Gasteiger partial charge in [-0.25, -0.2) is 18.4 Å². The number of primary sulfonamides is 1. The van der Waals surface area contributed by atoms with Gasteiger partial charge in [-0.05, 0) is 93.6 Å². The molecule has 1 atom stereocenters. The number of anilines is 2. The van der Waals surface area contributed by atoms with Gasteiger partial charge in [0.05, 0.1) is 22.4 Å². The number of aryl methyl sites for hydroxylation is 1. The summed E-state index contributed by atoms with van der Waals surface area (Å²) in [6, 6.07) is 16.4. The minimum Gasteiger partial charge on any atom is -0.454 e. The molecule has 1 fully saturated rings.